The summed E-state index contributed by atoms with van der Waals surface area (Å²) in [4.78, 5) is 17.8. The van der Waals surface area contributed by atoms with E-state index in [0.717, 1.165) is 11.1 Å². The second-order valence-corrected chi connectivity index (χ2v) is 8.90. The molecule has 2 saturated heterocycles. The first kappa shape index (κ1) is 23.9. The van der Waals surface area contributed by atoms with E-state index in [1.54, 1.807) is 12.1 Å². The van der Waals surface area contributed by atoms with Crippen molar-refractivity contribution in [3.8, 4) is 5.75 Å². The number of benzene rings is 2. The van der Waals surface area contributed by atoms with Gasteiger partial charge in [0.1, 0.15) is 5.75 Å². The Morgan fingerprint density at radius 1 is 1.03 bits per heavy atom. The molecule has 1 amide bonds. The Morgan fingerprint density at radius 2 is 1.70 bits per heavy atom. The normalized spacial score (nSPS) is 19.3. The van der Waals surface area contributed by atoms with Gasteiger partial charge in [-0.25, -0.2) is 0 Å². The van der Waals surface area contributed by atoms with Crippen LogP contribution in [0.3, 0.4) is 0 Å². The van der Waals surface area contributed by atoms with E-state index >= 15 is 0 Å². The summed E-state index contributed by atoms with van der Waals surface area (Å²) in [6, 6.07) is 13.5. The number of nitrogens with zero attached hydrogens (tertiary/aromatic N) is 2. The summed E-state index contributed by atoms with van der Waals surface area (Å²) in [6.07, 6.45) is -3.45. The summed E-state index contributed by atoms with van der Waals surface area (Å²) >= 11 is 6.23. The van der Waals surface area contributed by atoms with Gasteiger partial charge >= 0.3 is 6.36 Å². The third-order valence-electron chi connectivity index (χ3n) is 6.36. The summed E-state index contributed by atoms with van der Waals surface area (Å²) in [5.74, 6) is -0.120. The lowest BCUT2D eigenvalue weighted by atomic mass is 9.73. The van der Waals surface area contributed by atoms with Crippen molar-refractivity contribution in [1.82, 2.24) is 9.80 Å². The van der Waals surface area contributed by atoms with E-state index in [4.69, 9.17) is 16.3 Å². The van der Waals surface area contributed by atoms with Crippen molar-refractivity contribution in [3.05, 3.63) is 64.7 Å². The van der Waals surface area contributed by atoms with E-state index in [-0.39, 0.29) is 11.7 Å². The highest BCUT2D eigenvalue weighted by Gasteiger charge is 2.44. The number of piperazine rings is 1. The zero-order valence-electron chi connectivity index (χ0n) is 18.1. The molecule has 33 heavy (non-hydrogen) atoms. The molecule has 0 unspecified atom stereocenters. The molecule has 2 aliphatic heterocycles. The first-order valence-electron chi connectivity index (χ1n) is 11.0. The number of carbonyl (C=O) groups is 1. The molecule has 0 aliphatic carbocycles. The average molecular weight is 483 g/mol. The van der Waals surface area contributed by atoms with Crippen LogP contribution in [0.2, 0.25) is 5.02 Å². The molecule has 2 fully saturated rings. The molecule has 0 atom stereocenters. The number of amides is 1. The van der Waals surface area contributed by atoms with Crippen molar-refractivity contribution in [2.24, 2.45) is 0 Å². The lowest BCUT2D eigenvalue weighted by Gasteiger charge is -2.43. The number of alkyl halides is 3. The van der Waals surface area contributed by atoms with E-state index in [1.165, 1.54) is 12.1 Å². The lowest BCUT2D eigenvalue weighted by molar-refractivity contribution is -0.274. The molecule has 0 saturated carbocycles. The highest BCUT2D eigenvalue weighted by Crippen LogP contribution is 2.38. The van der Waals surface area contributed by atoms with Crippen LogP contribution in [0.25, 0.3) is 0 Å². The fraction of sp³-hybridized carbons (Fsp3) is 0.458. The lowest BCUT2D eigenvalue weighted by Crippen LogP contribution is -2.55. The molecule has 0 radical (unpaired) electrons. The van der Waals surface area contributed by atoms with E-state index in [2.05, 4.69) is 9.64 Å². The maximum absolute atomic E-state index is 13.7. The van der Waals surface area contributed by atoms with Gasteiger partial charge in [0.2, 0.25) is 5.91 Å². The van der Waals surface area contributed by atoms with Gasteiger partial charge in [0.25, 0.3) is 0 Å². The molecule has 0 spiro atoms. The Balaban J connectivity index is 1.38. The molecule has 2 aromatic carbocycles. The van der Waals surface area contributed by atoms with E-state index in [1.807, 2.05) is 29.2 Å². The minimum atomic E-state index is -4.70. The molecule has 0 N–H and O–H groups in total. The molecule has 2 aromatic rings. The molecule has 2 aliphatic rings. The van der Waals surface area contributed by atoms with Crippen LogP contribution in [0.4, 0.5) is 13.2 Å². The number of rotatable bonds is 5. The van der Waals surface area contributed by atoms with Crippen molar-refractivity contribution in [1.29, 1.82) is 0 Å². The minimum Gasteiger partial charge on any atom is -0.406 e. The maximum atomic E-state index is 13.7. The Labute approximate surface area is 196 Å². The Morgan fingerprint density at radius 3 is 2.30 bits per heavy atom. The molecular formula is C24H26ClF3N2O3. The Bertz CT molecular complexity index is 954. The van der Waals surface area contributed by atoms with Crippen molar-refractivity contribution >= 4 is 17.5 Å². The zero-order valence-corrected chi connectivity index (χ0v) is 18.9. The second-order valence-electron chi connectivity index (χ2n) is 8.46. The van der Waals surface area contributed by atoms with Gasteiger partial charge < -0.3 is 14.4 Å². The summed E-state index contributed by atoms with van der Waals surface area (Å²) < 4.78 is 46.5. The minimum absolute atomic E-state index is 0.112. The standard InChI is InChI=1S/C24H26ClF3N2O3/c25-20-3-1-2-19(16-20)23(8-14-32-15-9-23)22(31)30-12-10-29(11-13-30)17-18-4-6-21(7-5-18)33-24(26,27)28/h1-7,16H,8-15,17H2. The monoisotopic (exact) mass is 482 g/mol. The van der Waals surface area contributed by atoms with E-state index in [9.17, 15) is 18.0 Å². The van der Waals surface area contributed by atoms with Gasteiger partial charge in [-0.2, -0.15) is 0 Å². The first-order chi connectivity index (χ1) is 15.7. The van der Waals surface area contributed by atoms with Gasteiger partial charge in [-0.15, -0.1) is 13.2 Å². The van der Waals surface area contributed by atoms with Gasteiger partial charge in [-0.05, 0) is 48.2 Å². The molecule has 4 rings (SSSR count). The van der Waals surface area contributed by atoms with Crippen molar-refractivity contribution in [2.75, 3.05) is 39.4 Å². The van der Waals surface area contributed by atoms with E-state index in [0.29, 0.717) is 63.8 Å². The highest BCUT2D eigenvalue weighted by molar-refractivity contribution is 6.30. The summed E-state index contributed by atoms with van der Waals surface area (Å²) in [7, 11) is 0. The second kappa shape index (κ2) is 9.91. The fourth-order valence-corrected chi connectivity index (χ4v) is 4.79. The zero-order chi connectivity index (χ0) is 23.5. The third-order valence-corrected chi connectivity index (χ3v) is 6.59. The molecule has 2 heterocycles. The van der Waals surface area contributed by atoms with Gasteiger partial charge in [0.05, 0.1) is 5.41 Å². The predicted octanol–water partition coefficient (Wildman–Crippen LogP) is 4.63. The number of hydrogen-bond donors (Lipinski definition) is 0. The average Bonchev–Trinajstić information content (AvgIpc) is 2.80. The van der Waals surface area contributed by atoms with Gasteiger partial charge in [-0.1, -0.05) is 35.9 Å². The van der Waals surface area contributed by atoms with Crippen molar-refractivity contribution in [3.63, 3.8) is 0 Å². The quantitative estimate of drug-likeness (QED) is 0.623. The summed E-state index contributed by atoms with van der Waals surface area (Å²) in [5, 5.41) is 0.614. The largest absolute Gasteiger partial charge is 0.573 e. The number of hydrogen-bond acceptors (Lipinski definition) is 4. The molecule has 178 valence electrons. The van der Waals surface area contributed by atoms with Crippen LogP contribution in [0.5, 0.6) is 5.75 Å². The number of halogens is 4. The van der Waals surface area contributed by atoms with Gasteiger partial charge in [-0.3, -0.25) is 9.69 Å². The van der Waals surface area contributed by atoms with Crippen LogP contribution in [0, 0.1) is 0 Å². The van der Waals surface area contributed by atoms with Gasteiger partial charge in [0, 0.05) is 51.0 Å². The number of carbonyl (C=O) groups excluding carboxylic acids is 1. The van der Waals surface area contributed by atoms with Crippen LogP contribution in [0.1, 0.15) is 24.0 Å². The van der Waals surface area contributed by atoms with Crippen molar-refractivity contribution < 1.29 is 27.4 Å². The maximum Gasteiger partial charge on any atom is 0.573 e. The van der Waals surface area contributed by atoms with Gasteiger partial charge in [0.15, 0.2) is 0 Å². The molecular weight excluding hydrogens is 457 g/mol. The fourth-order valence-electron chi connectivity index (χ4n) is 4.60. The first-order valence-corrected chi connectivity index (χ1v) is 11.3. The molecule has 0 bridgehead atoms. The van der Waals surface area contributed by atoms with Crippen LogP contribution in [-0.2, 0) is 21.5 Å². The van der Waals surface area contributed by atoms with Crippen molar-refractivity contribution in [2.45, 2.75) is 31.2 Å². The summed E-state index contributed by atoms with van der Waals surface area (Å²) in [6.45, 7) is 4.23. The molecule has 5 nitrogen and oxygen atoms in total. The molecule has 0 aromatic heterocycles. The molecule has 9 heteroatoms. The Hall–Kier alpha value is -2.29. The predicted molar refractivity (Wildman–Crippen MR) is 118 cm³/mol. The Kier molecular flexibility index (Phi) is 7.16. The smallest absolute Gasteiger partial charge is 0.406 e. The topological polar surface area (TPSA) is 42.0 Å². The highest BCUT2D eigenvalue weighted by atomic mass is 35.5. The van der Waals surface area contributed by atoms with Crippen LogP contribution in [-0.4, -0.2) is 61.5 Å². The van der Waals surface area contributed by atoms with Crippen LogP contribution in [0.15, 0.2) is 48.5 Å². The number of ether oxygens (including phenoxy) is 2. The third kappa shape index (κ3) is 5.80. The van der Waals surface area contributed by atoms with Crippen LogP contribution >= 0.6 is 11.6 Å². The summed E-state index contributed by atoms with van der Waals surface area (Å²) in [5.41, 5.74) is 1.20. The SMILES string of the molecule is O=C(N1CCN(Cc2ccc(OC(F)(F)F)cc2)CC1)C1(c2cccc(Cl)c2)CCOCC1. The van der Waals surface area contributed by atoms with Crippen LogP contribution < -0.4 is 4.74 Å². The van der Waals surface area contributed by atoms with E-state index < -0.39 is 11.8 Å².